The number of carbonyl (C=O) groups excluding carboxylic acids is 2. The van der Waals surface area contributed by atoms with E-state index in [4.69, 9.17) is 0 Å². The normalized spacial score (nSPS) is 10.0. The summed E-state index contributed by atoms with van der Waals surface area (Å²) < 4.78 is 40.0. The number of halogens is 3. The third-order valence-electron chi connectivity index (χ3n) is 2.60. The van der Waals surface area contributed by atoms with E-state index in [1.807, 2.05) is 10.9 Å². The Balaban J connectivity index is 2.08. The summed E-state index contributed by atoms with van der Waals surface area (Å²) in [6.45, 7) is 0. The van der Waals surface area contributed by atoms with E-state index in [-0.39, 0.29) is 5.56 Å². The van der Waals surface area contributed by atoms with Crippen LogP contribution >= 0.6 is 0 Å². The molecule has 21 heavy (non-hydrogen) atoms. The molecule has 108 valence electrons. The molecule has 0 saturated heterocycles. The lowest BCUT2D eigenvalue weighted by molar-refractivity contribution is 0.0839. The summed E-state index contributed by atoms with van der Waals surface area (Å²) in [4.78, 5) is 23.2. The summed E-state index contributed by atoms with van der Waals surface area (Å²) >= 11 is 0. The van der Waals surface area contributed by atoms with E-state index < -0.39 is 34.8 Å². The van der Waals surface area contributed by atoms with Gasteiger partial charge in [-0.15, -0.1) is 0 Å². The second kappa shape index (κ2) is 6.08. The van der Waals surface area contributed by atoms with Crippen molar-refractivity contribution in [3.63, 3.8) is 0 Å². The van der Waals surface area contributed by atoms with Gasteiger partial charge in [-0.1, -0.05) is 18.2 Å². The Bertz CT molecular complexity index is 684. The molecule has 2 aromatic carbocycles. The third-order valence-corrected chi connectivity index (χ3v) is 2.60. The van der Waals surface area contributed by atoms with Crippen molar-refractivity contribution in [3.8, 4) is 0 Å². The van der Waals surface area contributed by atoms with Gasteiger partial charge in [0.25, 0.3) is 11.8 Å². The third kappa shape index (κ3) is 3.19. The summed E-state index contributed by atoms with van der Waals surface area (Å²) in [5.74, 6) is -5.07. The fraction of sp³-hybridized carbons (Fsp3) is 0. The Labute approximate surface area is 117 Å². The maximum Gasteiger partial charge on any atom is 0.275 e. The molecule has 2 rings (SSSR count). The number of hydrogen-bond acceptors (Lipinski definition) is 2. The van der Waals surface area contributed by atoms with Crippen molar-refractivity contribution in [1.29, 1.82) is 0 Å². The monoisotopic (exact) mass is 294 g/mol. The molecule has 0 aliphatic carbocycles. The number of nitrogens with one attached hydrogen (secondary N) is 2. The Morgan fingerprint density at radius 2 is 1.24 bits per heavy atom. The maximum absolute atomic E-state index is 13.3. The Morgan fingerprint density at radius 1 is 0.714 bits per heavy atom. The number of hydrazine groups is 1. The van der Waals surface area contributed by atoms with E-state index in [2.05, 4.69) is 0 Å². The average molecular weight is 294 g/mol. The first-order valence-electron chi connectivity index (χ1n) is 5.80. The minimum Gasteiger partial charge on any atom is -0.267 e. The van der Waals surface area contributed by atoms with Crippen LogP contribution in [0, 0.1) is 17.5 Å². The Morgan fingerprint density at radius 3 is 1.86 bits per heavy atom. The number of rotatable bonds is 2. The van der Waals surface area contributed by atoms with E-state index in [0.29, 0.717) is 0 Å². The number of amides is 2. The fourth-order valence-electron chi connectivity index (χ4n) is 1.60. The minimum absolute atomic E-state index is 0.313. The van der Waals surface area contributed by atoms with Crippen LogP contribution in [-0.4, -0.2) is 11.8 Å². The van der Waals surface area contributed by atoms with Crippen LogP contribution in [0.5, 0.6) is 0 Å². The van der Waals surface area contributed by atoms with Crippen molar-refractivity contribution in [2.24, 2.45) is 0 Å². The maximum atomic E-state index is 13.3. The largest absolute Gasteiger partial charge is 0.275 e. The molecule has 0 fully saturated rings. The summed E-state index contributed by atoms with van der Waals surface area (Å²) in [7, 11) is 0. The molecule has 0 heterocycles. The van der Waals surface area contributed by atoms with E-state index in [1.54, 1.807) is 0 Å². The molecule has 0 spiro atoms. The molecule has 2 amide bonds. The van der Waals surface area contributed by atoms with Gasteiger partial charge >= 0.3 is 0 Å². The lowest BCUT2D eigenvalue weighted by atomic mass is 10.2. The van der Waals surface area contributed by atoms with Gasteiger partial charge in [0.15, 0.2) is 0 Å². The van der Waals surface area contributed by atoms with Gasteiger partial charge in [0.1, 0.15) is 23.0 Å². The Kier molecular flexibility index (Phi) is 4.22. The first-order chi connectivity index (χ1) is 10.0. The zero-order valence-electron chi connectivity index (χ0n) is 10.5. The van der Waals surface area contributed by atoms with Crippen LogP contribution < -0.4 is 10.9 Å². The molecule has 0 aliphatic rings. The lowest BCUT2D eigenvalue weighted by Gasteiger charge is -2.09. The smallest absolute Gasteiger partial charge is 0.267 e. The molecule has 2 aromatic rings. The zero-order valence-corrected chi connectivity index (χ0v) is 10.5. The first-order valence-corrected chi connectivity index (χ1v) is 5.80. The van der Waals surface area contributed by atoms with E-state index in [1.165, 1.54) is 18.2 Å². The second-order valence-electron chi connectivity index (χ2n) is 3.98. The van der Waals surface area contributed by atoms with Crippen molar-refractivity contribution >= 4 is 11.8 Å². The fourth-order valence-corrected chi connectivity index (χ4v) is 1.60. The lowest BCUT2D eigenvalue weighted by Crippen LogP contribution is -2.42. The van der Waals surface area contributed by atoms with Crippen LogP contribution in [0.4, 0.5) is 13.2 Å². The van der Waals surface area contributed by atoms with Gasteiger partial charge < -0.3 is 0 Å². The first kappa shape index (κ1) is 14.6. The second-order valence-corrected chi connectivity index (χ2v) is 3.98. The van der Waals surface area contributed by atoms with Gasteiger partial charge in [-0.05, 0) is 24.3 Å². The molecule has 7 heteroatoms. The van der Waals surface area contributed by atoms with Crippen LogP contribution in [0.25, 0.3) is 0 Å². The van der Waals surface area contributed by atoms with E-state index in [0.717, 1.165) is 24.3 Å². The molecule has 4 nitrogen and oxygen atoms in total. The summed E-state index contributed by atoms with van der Waals surface area (Å²) in [5.41, 5.74) is 2.55. The van der Waals surface area contributed by atoms with Crippen molar-refractivity contribution in [3.05, 3.63) is 71.0 Å². The molecular formula is C14H9F3N2O2. The molecule has 0 aliphatic heterocycles. The molecule has 2 N–H and O–H groups in total. The van der Waals surface area contributed by atoms with Crippen molar-refractivity contribution in [1.82, 2.24) is 10.9 Å². The number of carbonyl (C=O) groups is 2. The highest BCUT2D eigenvalue weighted by Gasteiger charge is 2.18. The SMILES string of the molecule is O=C(NNC(=O)c1c(F)cccc1F)c1ccccc1F. The van der Waals surface area contributed by atoms with Crippen molar-refractivity contribution in [2.75, 3.05) is 0 Å². The summed E-state index contributed by atoms with van der Waals surface area (Å²) in [5, 5.41) is 0. The molecule has 0 unspecified atom stereocenters. The van der Waals surface area contributed by atoms with Crippen LogP contribution in [0.15, 0.2) is 42.5 Å². The molecule has 0 aromatic heterocycles. The van der Waals surface area contributed by atoms with Crippen molar-refractivity contribution in [2.45, 2.75) is 0 Å². The zero-order chi connectivity index (χ0) is 15.4. The Hall–Kier alpha value is -2.83. The average Bonchev–Trinajstić information content (AvgIpc) is 2.45. The molecule has 0 bridgehead atoms. The van der Waals surface area contributed by atoms with E-state index in [9.17, 15) is 22.8 Å². The van der Waals surface area contributed by atoms with Gasteiger partial charge in [0.2, 0.25) is 0 Å². The predicted molar refractivity (Wildman–Crippen MR) is 67.7 cm³/mol. The standard InChI is InChI=1S/C14H9F3N2O2/c15-9-5-2-1-4-8(9)13(20)18-19-14(21)12-10(16)6-3-7-11(12)17/h1-7H,(H,18,20)(H,19,21). The topological polar surface area (TPSA) is 58.2 Å². The van der Waals surface area contributed by atoms with Gasteiger partial charge in [0.05, 0.1) is 5.56 Å². The van der Waals surface area contributed by atoms with Gasteiger partial charge in [-0.3, -0.25) is 20.4 Å². The summed E-state index contributed by atoms with van der Waals surface area (Å²) in [6, 6.07) is 7.97. The highest BCUT2D eigenvalue weighted by molar-refractivity contribution is 5.99. The van der Waals surface area contributed by atoms with Crippen LogP contribution in [-0.2, 0) is 0 Å². The van der Waals surface area contributed by atoms with Crippen molar-refractivity contribution < 1.29 is 22.8 Å². The highest BCUT2D eigenvalue weighted by atomic mass is 19.1. The minimum atomic E-state index is -1.18. The van der Waals surface area contributed by atoms with Gasteiger partial charge in [0, 0.05) is 0 Å². The van der Waals surface area contributed by atoms with Gasteiger partial charge in [-0.2, -0.15) is 0 Å². The molecule has 0 saturated carbocycles. The van der Waals surface area contributed by atoms with Gasteiger partial charge in [-0.25, -0.2) is 13.2 Å². The molecule has 0 atom stereocenters. The highest BCUT2D eigenvalue weighted by Crippen LogP contribution is 2.11. The van der Waals surface area contributed by atoms with Crippen LogP contribution in [0.1, 0.15) is 20.7 Å². The number of benzene rings is 2. The van der Waals surface area contributed by atoms with Crippen LogP contribution in [0.2, 0.25) is 0 Å². The molecule has 0 radical (unpaired) electrons. The quantitative estimate of drug-likeness (QED) is 0.834. The molecular weight excluding hydrogens is 285 g/mol. The summed E-state index contributed by atoms with van der Waals surface area (Å²) in [6.07, 6.45) is 0. The van der Waals surface area contributed by atoms with Crippen LogP contribution in [0.3, 0.4) is 0 Å². The van der Waals surface area contributed by atoms with E-state index >= 15 is 0 Å². The number of hydrogen-bond donors (Lipinski definition) is 2. The predicted octanol–water partition coefficient (Wildman–Crippen LogP) is 2.18.